The molecule has 1 heterocycles. The van der Waals surface area contributed by atoms with Crippen molar-refractivity contribution in [3.63, 3.8) is 0 Å². The molecule has 12 heavy (non-hydrogen) atoms. The molecule has 0 saturated carbocycles. The van der Waals surface area contributed by atoms with Crippen molar-refractivity contribution >= 4 is 11.6 Å². The summed E-state index contributed by atoms with van der Waals surface area (Å²) in [5.74, 6) is 0. The molecule has 0 aliphatic carbocycles. The van der Waals surface area contributed by atoms with Gasteiger partial charge in [0, 0.05) is 17.3 Å². The van der Waals surface area contributed by atoms with Crippen LogP contribution >= 0.6 is 11.6 Å². The van der Waals surface area contributed by atoms with E-state index in [0.717, 1.165) is 18.5 Å². The van der Waals surface area contributed by atoms with Gasteiger partial charge >= 0.3 is 0 Å². The average Bonchev–Trinajstić information content (AvgIpc) is 2.03. The minimum absolute atomic E-state index is 0.244. The zero-order valence-corrected chi connectivity index (χ0v) is 8.30. The van der Waals surface area contributed by atoms with E-state index in [1.54, 1.807) is 0 Å². The van der Waals surface area contributed by atoms with Crippen LogP contribution in [-0.4, -0.2) is 10.4 Å². The van der Waals surface area contributed by atoms with Crippen LogP contribution in [0.15, 0.2) is 18.3 Å². The van der Waals surface area contributed by atoms with Gasteiger partial charge in [0.15, 0.2) is 0 Å². The Bertz CT molecular complexity index is 228. The number of hydrogen-bond donors (Lipinski definition) is 0. The first-order valence-corrected chi connectivity index (χ1v) is 4.67. The maximum Gasteiger partial charge on any atom is 0.0404 e. The zero-order valence-electron chi connectivity index (χ0n) is 7.55. The van der Waals surface area contributed by atoms with Crippen LogP contribution in [0.4, 0.5) is 0 Å². The lowest BCUT2D eigenvalue weighted by molar-refractivity contribution is 0.783. The summed E-state index contributed by atoms with van der Waals surface area (Å²) in [4.78, 5) is 4.29. The molecule has 0 aliphatic heterocycles. The molecule has 0 bridgehead atoms. The number of aromatic nitrogens is 1. The van der Waals surface area contributed by atoms with Crippen molar-refractivity contribution in [3.8, 4) is 0 Å². The number of alkyl halides is 1. The van der Waals surface area contributed by atoms with Crippen molar-refractivity contribution in [1.29, 1.82) is 0 Å². The van der Waals surface area contributed by atoms with Crippen molar-refractivity contribution in [3.05, 3.63) is 29.6 Å². The molecule has 0 aliphatic rings. The van der Waals surface area contributed by atoms with Gasteiger partial charge in [0.05, 0.1) is 0 Å². The molecule has 1 atom stereocenters. The van der Waals surface area contributed by atoms with E-state index in [-0.39, 0.29) is 5.38 Å². The van der Waals surface area contributed by atoms with Crippen molar-refractivity contribution in [1.82, 2.24) is 4.98 Å². The highest BCUT2D eigenvalue weighted by Crippen LogP contribution is 2.06. The highest BCUT2D eigenvalue weighted by molar-refractivity contribution is 6.20. The Morgan fingerprint density at radius 3 is 2.75 bits per heavy atom. The van der Waals surface area contributed by atoms with Gasteiger partial charge in [0.25, 0.3) is 0 Å². The van der Waals surface area contributed by atoms with Crippen LogP contribution in [-0.2, 0) is 6.42 Å². The Labute approximate surface area is 78.8 Å². The average molecular weight is 184 g/mol. The van der Waals surface area contributed by atoms with Gasteiger partial charge in [-0.05, 0) is 38.3 Å². The maximum atomic E-state index is 5.83. The monoisotopic (exact) mass is 183 g/mol. The highest BCUT2D eigenvalue weighted by Gasteiger charge is 1.98. The van der Waals surface area contributed by atoms with Crippen molar-refractivity contribution < 1.29 is 0 Å². The molecule has 0 N–H and O–H groups in total. The fourth-order valence-corrected chi connectivity index (χ4v) is 1.10. The van der Waals surface area contributed by atoms with E-state index in [0.29, 0.717) is 0 Å². The lowest BCUT2D eigenvalue weighted by atomic mass is 10.2. The van der Waals surface area contributed by atoms with Crippen LogP contribution in [0.25, 0.3) is 0 Å². The number of rotatable bonds is 3. The molecule has 1 rings (SSSR count). The molecule has 0 aromatic carbocycles. The van der Waals surface area contributed by atoms with Gasteiger partial charge < -0.3 is 0 Å². The lowest BCUT2D eigenvalue weighted by Gasteiger charge is -2.02. The molecule has 1 aromatic heterocycles. The molecule has 0 fully saturated rings. The van der Waals surface area contributed by atoms with Gasteiger partial charge in [-0.15, -0.1) is 11.6 Å². The van der Waals surface area contributed by atoms with Gasteiger partial charge in [-0.1, -0.05) is 6.07 Å². The maximum absolute atomic E-state index is 5.83. The minimum Gasteiger partial charge on any atom is -0.261 e. The van der Waals surface area contributed by atoms with E-state index >= 15 is 0 Å². The number of hydrogen-bond acceptors (Lipinski definition) is 1. The Morgan fingerprint density at radius 1 is 1.50 bits per heavy atom. The Hall–Kier alpha value is -0.560. The molecule has 1 aromatic rings. The summed E-state index contributed by atoms with van der Waals surface area (Å²) in [6.07, 6.45) is 3.87. The number of aryl methyl sites for hydroxylation is 2. The molecule has 1 unspecified atom stereocenters. The minimum atomic E-state index is 0.244. The van der Waals surface area contributed by atoms with Crippen LogP contribution < -0.4 is 0 Å². The first-order valence-electron chi connectivity index (χ1n) is 4.24. The normalized spacial score (nSPS) is 12.9. The largest absolute Gasteiger partial charge is 0.261 e. The lowest BCUT2D eigenvalue weighted by Crippen LogP contribution is -1.96. The summed E-state index contributed by atoms with van der Waals surface area (Å²) in [7, 11) is 0. The SMILES string of the molecule is Cc1ccc(CCC(C)Cl)nc1. The molecule has 0 amide bonds. The fourth-order valence-electron chi connectivity index (χ4n) is 0.993. The number of halogens is 1. The molecule has 66 valence electrons. The van der Waals surface area contributed by atoms with E-state index in [1.807, 2.05) is 20.0 Å². The Kier molecular flexibility index (Phi) is 3.54. The van der Waals surface area contributed by atoms with E-state index < -0.39 is 0 Å². The smallest absolute Gasteiger partial charge is 0.0404 e. The topological polar surface area (TPSA) is 12.9 Å². The Morgan fingerprint density at radius 2 is 2.25 bits per heavy atom. The molecule has 0 spiro atoms. The summed E-state index contributed by atoms with van der Waals surface area (Å²) >= 11 is 5.83. The van der Waals surface area contributed by atoms with E-state index in [4.69, 9.17) is 11.6 Å². The Balaban J connectivity index is 2.48. The van der Waals surface area contributed by atoms with Crippen LogP contribution in [0.2, 0.25) is 0 Å². The third-order valence-corrected chi connectivity index (χ3v) is 1.99. The van der Waals surface area contributed by atoms with Crippen LogP contribution in [0, 0.1) is 6.92 Å². The number of nitrogens with zero attached hydrogens (tertiary/aromatic N) is 1. The predicted molar refractivity (Wildman–Crippen MR) is 52.6 cm³/mol. The standard InChI is InChI=1S/C10H14ClN/c1-8-3-5-10(12-7-8)6-4-9(2)11/h3,5,7,9H,4,6H2,1-2H3. The van der Waals surface area contributed by atoms with E-state index in [2.05, 4.69) is 17.1 Å². The molecule has 0 saturated heterocycles. The second-order valence-corrected chi connectivity index (χ2v) is 3.89. The number of pyridine rings is 1. The third kappa shape index (κ3) is 3.22. The third-order valence-electron chi connectivity index (χ3n) is 1.77. The first kappa shape index (κ1) is 9.53. The van der Waals surface area contributed by atoms with Crippen molar-refractivity contribution in [2.75, 3.05) is 0 Å². The van der Waals surface area contributed by atoms with E-state index in [9.17, 15) is 0 Å². The summed E-state index contributed by atoms with van der Waals surface area (Å²) in [5.41, 5.74) is 2.34. The quantitative estimate of drug-likeness (QED) is 0.657. The van der Waals surface area contributed by atoms with Crippen LogP contribution in [0.1, 0.15) is 24.6 Å². The van der Waals surface area contributed by atoms with Crippen LogP contribution in [0.5, 0.6) is 0 Å². The summed E-state index contributed by atoms with van der Waals surface area (Å²) in [6, 6.07) is 4.15. The second kappa shape index (κ2) is 4.46. The summed E-state index contributed by atoms with van der Waals surface area (Å²) in [6.45, 7) is 4.05. The van der Waals surface area contributed by atoms with Crippen molar-refractivity contribution in [2.45, 2.75) is 32.1 Å². The van der Waals surface area contributed by atoms with E-state index in [1.165, 1.54) is 5.56 Å². The van der Waals surface area contributed by atoms with Gasteiger partial charge in [-0.2, -0.15) is 0 Å². The molecular weight excluding hydrogens is 170 g/mol. The summed E-state index contributed by atoms with van der Waals surface area (Å²) in [5, 5.41) is 0.244. The van der Waals surface area contributed by atoms with Crippen LogP contribution in [0.3, 0.4) is 0 Å². The van der Waals surface area contributed by atoms with Gasteiger partial charge in [0.1, 0.15) is 0 Å². The van der Waals surface area contributed by atoms with Gasteiger partial charge in [0.2, 0.25) is 0 Å². The first-order chi connectivity index (χ1) is 5.68. The molecule has 2 heteroatoms. The van der Waals surface area contributed by atoms with Gasteiger partial charge in [-0.25, -0.2) is 0 Å². The molecule has 0 radical (unpaired) electrons. The fraction of sp³-hybridized carbons (Fsp3) is 0.500. The predicted octanol–water partition coefficient (Wildman–Crippen LogP) is 2.95. The molecule has 1 nitrogen and oxygen atoms in total. The second-order valence-electron chi connectivity index (χ2n) is 3.15. The van der Waals surface area contributed by atoms with Gasteiger partial charge in [-0.3, -0.25) is 4.98 Å². The highest BCUT2D eigenvalue weighted by atomic mass is 35.5. The molecular formula is C10H14ClN. The van der Waals surface area contributed by atoms with Crippen molar-refractivity contribution in [2.24, 2.45) is 0 Å². The zero-order chi connectivity index (χ0) is 8.97. The summed E-state index contributed by atoms with van der Waals surface area (Å²) < 4.78 is 0.